The number of fused-ring (bicyclic) bond motifs is 4. The summed E-state index contributed by atoms with van der Waals surface area (Å²) >= 11 is 6.18. The molecule has 184 valence electrons. The average molecular weight is 523 g/mol. The molecule has 36 heavy (non-hydrogen) atoms. The molecule has 1 spiro atoms. The van der Waals surface area contributed by atoms with Gasteiger partial charge in [0.15, 0.2) is 5.82 Å². The quantitative estimate of drug-likeness (QED) is 0.356. The van der Waals surface area contributed by atoms with Crippen molar-refractivity contribution in [1.82, 2.24) is 24.5 Å². The van der Waals surface area contributed by atoms with Gasteiger partial charge in [-0.05, 0) is 49.6 Å². The van der Waals surface area contributed by atoms with E-state index in [1.165, 1.54) is 0 Å². The Bertz CT molecular complexity index is 1620. The highest BCUT2D eigenvalue weighted by Gasteiger charge is 2.51. The largest absolute Gasteiger partial charge is 0.280 e. The molecule has 2 aromatic heterocycles. The van der Waals surface area contributed by atoms with Gasteiger partial charge in [-0.2, -0.15) is 13.5 Å². The lowest BCUT2D eigenvalue weighted by molar-refractivity contribution is 0.297. The average Bonchev–Trinajstić information content (AvgIpc) is 3.32. The number of aliphatic imine (C=N–C) groups is 1. The van der Waals surface area contributed by atoms with E-state index in [-0.39, 0.29) is 12.1 Å². The number of halogens is 1. The van der Waals surface area contributed by atoms with E-state index >= 15 is 0 Å². The van der Waals surface area contributed by atoms with Gasteiger partial charge < -0.3 is 0 Å². The predicted molar refractivity (Wildman–Crippen MR) is 136 cm³/mol. The molecular formula is C25H23ClN6O3S. The van der Waals surface area contributed by atoms with E-state index in [1.807, 2.05) is 43.5 Å². The first-order valence-electron chi connectivity index (χ1n) is 11.5. The molecule has 11 heteroatoms. The number of nitrogens with zero attached hydrogens (tertiary/aromatic N) is 6. The molecule has 2 aliphatic rings. The minimum atomic E-state index is -3.49. The molecule has 0 radical (unpaired) electrons. The van der Waals surface area contributed by atoms with Gasteiger partial charge in [-0.25, -0.2) is 0 Å². The molecule has 2 aromatic carbocycles. The second-order valence-corrected chi connectivity index (χ2v) is 11.2. The fraction of sp³-hybridized carbons (Fsp3) is 0.280. The van der Waals surface area contributed by atoms with Gasteiger partial charge in [0.2, 0.25) is 0 Å². The molecule has 4 aromatic rings. The van der Waals surface area contributed by atoms with Crippen LogP contribution in [0.25, 0.3) is 16.8 Å². The zero-order valence-electron chi connectivity index (χ0n) is 19.7. The Labute approximate surface area is 213 Å². The second kappa shape index (κ2) is 8.36. The van der Waals surface area contributed by atoms with Crippen LogP contribution >= 0.6 is 11.6 Å². The van der Waals surface area contributed by atoms with Crippen LogP contribution in [0.1, 0.15) is 35.6 Å². The summed E-state index contributed by atoms with van der Waals surface area (Å²) < 4.78 is 31.1. The third-order valence-electron chi connectivity index (χ3n) is 6.49. The molecule has 1 saturated carbocycles. The summed E-state index contributed by atoms with van der Waals surface area (Å²) in [7, 11) is -3.49. The van der Waals surface area contributed by atoms with Crippen LogP contribution in [0.3, 0.4) is 0 Å². The Hall–Kier alpha value is -3.34. The van der Waals surface area contributed by atoms with Crippen molar-refractivity contribution in [1.29, 1.82) is 0 Å². The highest BCUT2D eigenvalue weighted by molar-refractivity contribution is 7.85. The van der Waals surface area contributed by atoms with Gasteiger partial charge in [0.25, 0.3) is 10.1 Å². The SMILES string of the molecule is Cc1nnc2n1-c1ccc(-c3cnn(CCOS(C)(=O)=O)c3)cc1C(c1ccc(Cl)cc1)=NC21CC1. The molecule has 0 N–H and O–H groups in total. The Morgan fingerprint density at radius 3 is 2.53 bits per heavy atom. The number of aryl methyl sites for hydroxylation is 1. The highest BCUT2D eigenvalue weighted by atomic mass is 35.5. The van der Waals surface area contributed by atoms with Crippen molar-refractivity contribution < 1.29 is 12.6 Å². The van der Waals surface area contributed by atoms with E-state index in [1.54, 1.807) is 10.9 Å². The lowest BCUT2D eigenvalue weighted by atomic mass is 9.96. The van der Waals surface area contributed by atoms with E-state index in [4.69, 9.17) is 20.8 Å². The third kappa shape index (κ3) is 4.15. The van der Waals surface area contributed by atoms with E-state index in [0.717, 1.165) is 64.4 Å². The molecule has 6 rings (SSSR count). The minimum absolute atomic E-state index is 0.0231. The van der Waals surface area contributed by atoms with Crippen LogP contribution in [-0.4, -0.2) is 51.5 Å². The summed E-state index contributed by atoms with van der Waals surface area (Å²) in [6.45, 7) is 2.30. The Kier molecular flexibility index (Phi) is 5.36. The number of aromatic nitrogens is 5. The van der Waals surface area contributed by atoms with Crippen molar-refractivity contribution >= 4 is 27.4 Å². The van der Waals surface area contributed by atoms with Crippen LogP contribution in [0.5, 0.6) is 0 Å². The molecule has 0 unspecified atom stereocenters. The number of hydrogen-bond acceptors (Lipinski definition) is 7. The number of benzene rings is 2. The van der Waals surface area contributed by atoms with Crippen molar-refractivity contribution in [2.75, 3.05) is 12.9 Å². The molecule has 1 aliphatic heterocycles. The van der Waals surface area contributed by atoms with Crippen molar-refractivity contribution in [3.8, 4) is 16.8 Å². The molecule has 1 fully saturated rings. The van der Waals surface area contributed by atoms with Gasteiger partial charge in [-0.3, -0.25) is 18.4 Å². The molecule has 0 atom stereocenters. The summed E-state index contributed by atoms with van der Waals surface area (Å²) in [5.74, 6) is 1.69. The number of rotatable bonds is 6. The van der Waals surface area contributed by atoms with Gasteiger partial charge in [-0.15, -0.1) is 10.2 Å². The summed E-state index contributed by atoms with van der Waals surface area (Å²) in [5.41, 5.74) is 5.30. The van der Waals surface area contributed by atoms with Gasteiger partial charge in [0, 0.05) is 27.9 Å². The third-order valence-corrected chi connectivity index (χ3v) is 7.33. The first-order valence-corrected chi connectivity index (χ1v) is 13.7. The predicted octanol–water partition coefficient (Wildman–Crippen LogP) is 3.91. The molecule has 0 bridgehead atoms. The first kappa shape index (κ1) is 23.1. The van der Waals surface area contributed by atoms with Crippen LogP contribution in [0.4, 0.5) is 0 Å². The number of hydrogen-bond donors (Lipinski definition) is 0. The summed E-state index contributed by atoms with van der Waals surface area (Å²) in [5, 5.41) is 13.9. The van der Waals surface area contributed by atoms with Crippen LogP contribution < -0.4 is 0 Å². The van der Waals surface area contributed by atoms with Gasteiger partial charge in [0.1, 0.15) is 11.4 Å². The van der Waals surface area contributed by atoms with Gasteiger partial charge in [-0.1, -0.05) is 29.8 Å². The van der Waals surface area contributed by atoms with Crippen LogP contribution in [0.2, 0.25) is 5.02 Å². The van der Waals surface area contributed by atoms with Crippen LogP contribution in [0, 0.1) is 6.92 Å². The van der Waals surface area contributed by atoms with E-state index in [9.17, 15) is 8.42 Å². The molecule has 9 nitrogen and oxygen atoms in total. The smallest absolute Gasteiger partial charge is 0.264 e. The Morgan fingerprint density at radius 2 is 1.81 bits per heavy atom. The van der Waals surface area contributed by atoms with Gasteiger partial charge in [0.05, 0.1) is 37.0 Å². The molecule has 1 aliphatic carbocycles. The molecule has 0 amide bonds. The van der Waals surface area contributed by atoms with Crippen molar-refractivity contribution in [3.05, 3.63) is 82.7 Å². The molecule has 3 heterocycles. The summed E-state index contributed by atoms with van der Waals surface area (Å²) in [6.07, 6.45) is 6.51. The monoisotopic (exact) mass is 522 g/mol. The first-order chi connectivity index (χ1) is 17.2. The fourth-order valence-electron chi connectivity index (χ4n) is 4.58. The van der Waals surface area contributed by atoms with E-state index in [2.05, 4.69) is 32.0 Å². The maximum Gasteiger partial charge on any atom is 0.264 e. The fourth-order valence-corrected chi connectivity index (χ4v) is 5.08. The Morgan fingerprint density at radius 1 is 1.06 bits per heavy atom. The highest BCUT2D eigenvalue weighted by Crippen LogP contribution is 2.51. The normalized spacial score (nSPS) is 15.8. The zero-order chi connectivity index (χ0) is 25.1. The van der Waals surface area contributed by atoms with Crippen LogP contribution in [0.15, 0.2) is 59.9 Å². The zero-order valence-corrected chi connectivity index (χ0v) is 21.3. The minimum Gasteiger partial charge on any atom is -0.280 e. The van der Waals surface area contributed by atoms with Crippen LogP contribution in [-0.2, 0) is 26.4 Å². The maximum atomic E-state index is 11.2. The topological polar surface area (TPSA) is 104 Å². The summed E-state index contributed by atoms with van der Waals surface area (Å²) in [4.78, 5) is 5.27. The summed E-state index contributed by atoms with van der Waals surface area (Å²) in [6, 6.07) is 14.0. The second-order valence-electron chi connectivity index (χ2n) is 9.16. The standard InChI is InChI=1S/C25H23ClN6O3S/c1-16-29-30-24-25(9-10-25)28-23(17-3-6-20(26)7-4-17)21-13-18(5-8-22(21)32(16)24)19-14-27-31(15-19)11-12-35-36(2,33)34/h3-8,13-15H,9-12H2,1-2H3. The lowest BCUT2D eigenvalue weighted by Crippen LogP contribution is -2.11. The van der Waals surface area contributed by atoms with Crippen molar-refractivity contribution in [2.24, 2.45) is 4.99 Å². The Balaban J connectivity index is 1.45. The van der Waals surface area contributed by atoms with E-state index in [0.29, 0.717) is 11.6 Å². The lowest BCUT2D eigenvalue weighted by Gasteiger charge is -2.14. The maximum absolute atomic E-state index is 11.2. The van der Waals surface area contributed by atoms with Gasteiger partial charge >= 0.3 is 0 Å². The van der Waals surface area contributed by atoms with E-state index < -0.39 is 10.1 Å². The van der Waals surface area contributed by atoms with Crippen molar-refractivity contribution in [2.45, 2.75) is 31.8 Å². The van der Waals surface area contributed by atoms with Crippen molar-refractivity contribution in [3.63, 3.8) is 0 Å². The molecule has 0 saturated heterocycles. The molecular weight excluding hydrogens is 500 g/mol.